The summed E-state index contributed by atoms with van der Waals surface area (Å²) in [5, 5.41) is 8.97. The average molecular weight is 546 g/mol. The Labute approximate surface area is 197 Å². The van der Waals surface area contributed by atoms with Gasteiger partial charge in [-0.15, -0.1) is 0 Å². The van der Waals surface area contributed by atoms with Crippen molar-refractivity contribution in [3.05, 3.63) is 89.5 Å². The molecule has 162 valence electrons. The van der Waals surface area contributed by atoms with E-state index in [0.29, 0.717) is 5.75 Å². The maximum atomic E-state index is 10.9. The topological polar surface area (TPSA) is 46.5 Å². The molecule has 0 saturated carbocycles. The van der Waals surface area contributed by atoms with Gasteiger partial charge < -0.3 is 5.11 Å². The van der Waals surface area contributed by atoms with E-state index in [1.54, 1.807) is 0 Å². The molecular formula is C26H27IO3S. The van der Waals surface area contributed by atoms with Crippen LogP contribution in [-0.2, 0) is 15.7 Å². The summed E-state index contributed by atoms with van der Waals surface area (Å²) in [6.45, 7) is 3.63. The molecule has 0 amide bonds. The number of ether oxygens (including phenoxy) is 1. The molecule has 1 unspecified atom stereocenters. The van der Waals surface area contributed by atoms with E-state index in [2.05, 4.69) is 77.7 Å². The van der Waals surface area contributed by atoms with Crippen molar-refractivity contribution in [2.24, 2.45) is 0 Å². The number of carboxylic acids is 1. The monoisotopic (exact) mass is 546 g/mol. The van der Waals surface area contributed by atoms with Gasteiger partial charge >= 0.3 is 182 Å². The Kier molecular flexibility index (Phi) is 8.60. The Bertz CT molecular complexity index is 1040. The summed E-state index contributed by atoms with van der Waals surface area (Å²) in [6.07, 6.45) is 4.49. The molecule has 0 bridgehead atoms. The van der Waals surface area contributed by atoms with Crippen LogP contribution >= 0.6 is 0 Å². The number of carboxylic acid groups (broad SMARTS) is 1. The molecule has 0 aliphatic heterocycles. The van der Waals surface area contributed by atoms with E-state index >= 15 is 0 Å². The predicted molar refractivity (Wildman–Crippen MR) is 124 cm³/mol. The average Bonchev–Trinajstić information content (AvgIpc) is 2.74. The third kappa shape index (κ3) is 6.37. The Morgan fingerprint density at radius 2 is 1.65 bits per heavy atom. The van der Waals surface area contributed by atoms with Gasteiger partial charge in [0.25, 0.3) is 0 Å². The molecule has 0 aliphatic carbocycles. The van der Waals surface area contributed by atoms with E-state index in [-0.39, 0.29) is 38.7 Å². The molecule has 0 saturated heterocycles. The van der Waals surface area contributed by atoms with Gasteiger partial charge in [0.1, 0.15) is 0 Å². The number of alkyl halides is 2. The van der Waals surface area contributed by atoms with Crippen molar-refractivity contribution in [3.63, 3.8) is 0 Å². The Balaban J connectivity index is 2.06. The Morgan fingerprint density at radius 1 is 0.968 bits per heavy atom. The van der Waals surface area contributed by atoms with E-state index in [4.69, 9.17) is 9.84 Å². The van der Waals surface area contributed by atoms with Gasteiger partial charge in [-0.1, -0.05) is 0 Å². The van der Waals surface area contributed by atoms with E-state index in [1.807, 2.05) is 19.9 Å². The summed E-state index contributed by atoms with van der Waals surface area (Å²) in [4.78, 5) is 16.9. The summed E-state index contributed by atoms with van der Waals surface area (Å²) in [5.74, 6) is -0.315. The molecule has 0 aromatic heterocycles. The van der Waals surface area contributed by atoms with Crippen LogP contribution in [0.15, 0.2) is 87.5 Å². The van der Waals surface area contributed by atoms with E-state index in [1.165, 1.54) is 24.7 Å². The fraction of sp³-hybridized carbons (Fsp3) is 0.192. The number of rotatable bonds is 9. The molecule has 31 heavy (non-hydrogen) atoms. The number of hydrogen-bond acceptors (Lipinski definition) is 2. The van der Waals surface area contributed by atoms with Crippen molar-refractivity contribution in [2.45, 2.75) is 28.5 Å². The molecule has 0 spiro atoms. The SMILES string of the molecule is C[I-]C/C=C/c1cccc([S+](c2ccccc2)c2cc(C)c(OCC(=O)O)c(C)c2)c1. The third-order valence-corrected chi connectivity index (χ3v) is 8.20. The summed E-state index contributed by atoms with van der Waals surface area (Å²) in [6, 6.07) is 23.6. The van der Waals surface area contributed by atoms with Crippen LogP contribution in [0.25, 0.3) is 6.08 Å². The zero-order valence-electron chi connectivity index (χ0n) is 18.0. The number of aryl methyl sites for hydroxylation is 2. The summed E-state index contributed by atoms with van der Waals surface area (Å²) in [7, 11) is -0.273. The predicted octanol–water partition coefficient (Wildman–Crippen LogP) is 2.59. The number of allylic oxidation sites excluding steroid dienone is 1. The summed E-state index contributed by atoms with van der Waals surface area (Å²) >= 11 is 0.263. The number of aliphatic carboxylic acids is 1. The van der Waals surface area contributed by atoms with Crippen LogP contribution in [0, 0.1) is 13.8 Å². The van der Waals surface area contributed by atoms with Crippen molar-refractivity contribution >= 4 is 22.9 Å². The van der Waals surface area contributed by atoms with Crippen LogP contribution < -0.4 is 25.9 Å². The van der Waals surface area contributed by atoms with Crippen LogP contribution in [-0.4, -0.2) is 27.0 Å². The van der Waals surface area contributed by atoms with Gasteiger partial charge in [-0.2, -0.15) is 0 Å². The van der Waals surface area contributed by atoms with Gasteiger partial charge in [0, 0.05) is 0 Å². The standard InChI is InChI=1S/C26H27IO3S/c1-19-15-24(16-20(2)26(19)30-18-25(28)29)31(22-11-5-4-6-12-22)23-13-7-9-21(17-23)10-8-14-27-3/h4-13,15-17H,14,18H2,1-3H3,(H,28,29)/b10-8+. The minimum atomic E-state index is -0.970. The first kappa shape index (κ1) is 23.4. The molecule has 3 aromatic carbocycles. The van der Waals surface area contributed by atoms with Crippen molar-refractivity contribution < 1.29 is 35.8 Å². The van der Waals surface area contributed by atoms with Crippen LogP contribution in [0.1, 0.15) is 16.7 Å². The third-order valence-electron chi connectivity index (χ3n) is 4.64. The molecule has 1 N–H and O–H groups in total. The molecular weight excluding hydrogens is 519 g/mol. The van der Waals surface area contributed by atoms with E-state index < -0.39 is 5.97 Å². The number of hydrogen-bond donors (Lipinski definition) is 1. The number of halogens is 1. The molecule has 5 heteroatoms. The van der Waals surface area contributed by atoms with Crippen LogP contribution in [0.4, 0.5) is 0 Å². The number of carbonyl (C=O) groups is 1. The minimum absolute atomic E-state index is 0.263. The van der Waals surface area contributed by atoms with Gasteiger partial charge in [-0.3, -0.25) is 0 Å². The van der Waals surface area contributed by atoms with Gasteiger partial charge in [-0.25, -0.2) is 4.79 Å². The molecule has 0 heterocycles. The fourth-order valence-corrected chi connectivity index (χ4v) is 6.44. The van der Waals surface area contributed by atoms with Crippen LogP contribution in [0.3, 0.4) is 0 Å². The molecule has 3 rings (SSSR count). The van der Waals surface area contributed by atoms with Crippen LogP contribution in [0.5, 0.6) is 5.75 Å². The van der Waals surface area contributed by atoms with Gasteiger partial charge in [0.15, 0.2) is 6.61 Å². The molecule has 0 fully saturated rings. The maximum absolute atomic E-state index is 10.9. The first-order valence-electron chi connectivity index (χ1n) is 9.95. The van der Waals surface area contributed by atoms with Crippen molar-refractivity contribution in [2.75, 3.05) is 16.0 Å². The van der Waals surface area contributed by atoms with E-state index in [9.17, 15) is 4.79 Å². The second kappa shape index (κ2) is 11.4. The quantitative estimate of drug-likeness (QED) is 0.255. The molecule has 0 aliphatic rings. The zero-order valence-corrected chi connectivity index (χ0v) is 20.9. The molecule has 0 radical (unpaired) electrons. The fourth-order valence-electron chi connectivity index (χ4n) is 3.37. The molecule has 3 nitrogen and oxygen atoms in total. The summed E-state index contributed by atoms with van der Waals surface area (Å²) < 4.78 is 6.73. The Morgan fingerprint density at radius 3 is 2.29 bits per heavy atom. The number of benzene rings is 3. The zero-order chi connectivity index (χ0) is 22.2. The first-order chi connectivity index (χ1) is 15.0. The van der Waals surface area contributed by atoms with Gasteiger partial charge in [-0.05, 0) is 0 Å². The first-order valence-corrected chi connectivity index (χ1v) is 14.9. The van der Waals surface area contributed by atoms with E-state index in [0.717, 1.165) is 11.1 Å². The summed E-state index contributed by atoms with van der Waals surface area (Å²) in [5.41, 5.74) is 3.12. The molecule has 3 aromatic rings. The van der Waals surface area contributed by atoms with Crippen LogP contribution in [0.2, 0.25) is 0 Å². The molecule has 1 atom stereocenters. The second-order valence-corrected chi connectivity index (χ2v) is 11.5. The van der Waals surface area contributed by atoms with Crippen molar-refractivity contribution in [1.82, 2.24) is 0 Å². The Hall–Kier alpha value is -2.25. The second-order valence-electron chi connectivity index (χ2n) is 7.08. The van der Waals surface area contributed by atoms with Crippen molar-refractivity contribution in [1.29, 1.82) is 0 Å². The normalized spacial score (nSPS) is 12.2. The van der Waals surface area contributed by atoms with Gasteiger partial charge in [0.2, 0.25) is 0 Å². The van der Waals surface area contributed by atoms with Crippen molar-refractivity contribution in [3.8, 4) is 5.75 Å². The van der Waals surface area contributed by atoms with Gasteiger partial charge in [0.05, 0.1) is 0 Å².